The quantitative estimate of drug-likeness (QED) is 0.585. The van der Waals surface area contributed by atoms with Gasteiger partial charge in [0, 0.05) is 12.1 Å². The van der Waals surface area contributed by atoms with Crippen molar-refractivity contribution in [1.82, 2.24) is 0 Å². The minimum atomic E-state index is 0.0338. The van der Waals surface area contributed by atoms with E-state index in [9.17, 15) is 4.79 Å². The molecule has 0 heterocycles. The zero-order chi connectivity index (χ0) is 10.6. The van der Waals surface area contributed by atoms with E-state index in [1.165, 1.54) is 0 Å². The van der Waals surface area contributed by atoms with Crippen molar-refractivity contribution >= 4 is 23.9 Å². The molecule has 0 unspecified atom stereocenters. The first-order chi connectivity index (χ1) is 6.70. The van der Waals surface area contributed by atoms with Crippen molar-refractivity contribution < 1.29 is 4.79 Å². The number of nitrogens with zero attached hydrogens (tertiary/aromatic N) is 1. The first kappa shape index (κ1) is 10.4. The Morgan fingerprint density at radius 2 is 2.29 bits per heavy atom. The van der Waals surface area contributed by atoms with Crippen LogP contribution in [-0.4, -0.2) is 19.0 Å². The zero-order valence-electron chi connectivity index (χ0n) is 8.50. The molecule has 0 aromatic heterocycles. The standard InChI is InChI=1S/C11H14N2O/c1-4-13-11-9(8(2)14)6-5-7-10(11)12-3/h5-7,13H,3-4H2,1-2H3. The van der Waals surface area contributed by atoms with Crippen molar-refractivity contribution in [2.24, 2.45) is 4.99 Å². The van der Waals surface area contributed by atoms with Gasteiger partial charge in [0.05, 0.1) is 11.4 Å². The molecule has 0 spiro atoms. The molecule has 1 N–H and O–H groups in total. The summed E-state index contributed by atoms with van der Waals surface area (Å²) in [5.41, 5.74) is 2.16. The zero-order valence-corrected chi connectivity index (χ0v) is 8.50. The first-order valence-corrected chi connectivity index (χ1v) is 4.55. The van der Waals surface area contributed by atoms with Gasteiger partial charge in [0.2, 0.25) is 0 Å². The number of Topliss-reactive ketones (excluding diaryl/α,β-unsaturated/α-hetero) is 1. The lowest BCUT2D eigenvalue weighted by Gasteiger charge is -2.10. The van der Waals surface area contributed by atoms with Crippen LogP contribution in [0.4, 0.5) is 11.4 Å². The Labute approximate surface area is 83.9 Å². The Hall–Kier alpha value is -1.64. The molecule has 1 rings (SSSR count). The summed E-state index contributed by atoms with van der Waals surface area (Å²) in [6.07, 6.45) is 0. The van der Waals surface area contributed by atoms with Crippen LogP contribution in [0.3, 0.4) is 0 Å². The van der Waals surface area contributed by atoms with Crippen molar-refractivity contribution in [3.63, 3.8) is 0 Å². The van der Waals surface area contributed by atoms with E-state index in [2.05, 4.69) is 17.0 Å². The Kier molecular flexibility index (Phi) is 3.40. The molecule has 0 fully saturated rings. The van der Waals surface area contributed by atoms with Crippen molar-refractivity contribution in [2.75, 3.05) is 11.9 Å². The SMILES string of the molecule is C=Nc1cccc(C(C)=O)c1NCC. The highest BCUT2D eigenvalue weighted by atomic mass is 16.1. The lowest BCUT2D eigenvalue weighted by molar-refractivity contribution is 0.101. The highest BCUT2D eigenvalue weighted by molar-refractivity contribution is 6.02. The van der Waals surface area contributed by atoms with Crippen LogP contribution in [0, 0.1) is 0 Å². The number of hydrogen-bond donors (Lipinski definition) is 1. The van der Waals surface area contributed by atoms with Crippen LogP contribution in [-0.2, 0) is 0 Å². The number of nitrogens with one attached hydrogen (secondary N) is 1. The predicted molar refractivity (Wildman–Crippen MR) is 59.8 cm³/mol. The van der Waals surface area contributed by atoms with E-state index in [0.717, 1.165) is 17.9 Å². The second-order valence-electron chi connectivity index (χ2n) is 2.94. The number of rotatable bonds is 4. The summed E-state index contributed by atoms with van der Waals surface area (Å²) in [7, 11) is 0. The number of carbonyl (C=O) groups excluding carboxylic acids is 1. The van der Waals surface area contributed by atoms with Gasteiger partial charge >= 0.3 is 0 Å². The maximum Gasteiger partial charge on any atom is 0.161 e. The molecule has 0 bridgehead atoms. The summed E-state index contributed by atoms with van der Waals surface area (Å²) in [5, 5.41) is 3.12. The van der Waals surface area contributed by atoms with Crippen LogP contribution in [0.2, 0.25) is 0 Å². The molecule has 3 nitrogen and oxygen atoms in total. The average Bonchev–Trinajstić information content (AvgIpc) is 2.18. The van der Waals surface area contributed by atoms with Crippen LogP contribution < -0.4 is 5.32 Å². The van der Waals surface area contributed by atoms with Gasteiger partial charge in [-0.15, -0.1) is 0 Å². The number of hydrogen-bond acceptors (Lipinski definition) is 3. The molecule has 1 aromatic rings. The van der Waals surface area contributed by atoms with Gasteiger partial charge in [-0.3, -0.25) is 9.79 Å². The van der Waals surface area contributed by atoms with Gasteiger partial charge in [-0.2, -0.15) is 0 Å². The fraction of sp³-hybridized carbons (Fsp3) is 0.273. The van der Waals surface area contributed by atoms with Crippen LogP contribution in [0.15, 0.2) is 23.2 Å². The Morgan fingerprint density at radius 3 is 2.79 bits per heavy atom. The van der Waals surface area contributed by atoms with Crippen LogP contribution >= 0.6 is 0 Å². The molecule has 0 atom stereocenters. The number of para-hydroxylation sites is 1. The van der Waals surface area contributed by atoms with Crippen molar-refractivity contribution in [3.05, 3.63) is 23.8 Å². The average molecular weight is 190 g/mol. The molecule has 0 aliphatic carbocycles. The predicted octanol–water partition coefficient (Wildman–Crippen LogP) is 2.65. The Morgan fingerprint density at radius 1 is 1.57 bits per heavy atom. The van der Waals surface area contributed by atoms with E-state index < -0.39 is 0 Å². The minimum absolute atomic E-state index is 0.0338. The highest BCUT2D eigenvalue weighted by Gasteiger charge is 2.09. The summed E-state index contributed by atoms with van der Waals surface area (Å²) in [4.78, 5) is 15.2. The maximum atomic E-state index is 11.3. The first-order valence-electron chi connectivity index (χ1n) is 4.55. The number of anilines is 1. The molecule has 0 saturated carbocycles. The monoisotopic (exact) mass is 190 g/mol. The van der Waals surface area contributed by atoms with Gasteiger partial charge in [0.15, 0.2) is 5.78 Å². The van der Waals surface area contributed by atoms with E-state index >= 15 is 0 Å². The van der Waals surface area contributed by atoms with Gasteiger partial charge in [0.25, 0.3) is 0 Å². The lowest BCUT2D eigenvalue weighted by atomic mass is 10.1. The van der Waals surface area contributed by atoms with E-state index in [4.69, 9.17) is 0 Å². The van der Waals surface area contributed by atoms with Gasteiger partial charge in [-0.05, 0) is 32.7 Å². The van der Waals surface area contributed by atoms with Crippen LogP contribution in [0.1, 0.15) is 24.2 Å². The van der Waals surface area contributed by atoms with Gasteiger partial charge < -0.3 is 5.32 Å². The highest BCUT2D eigenvalue weighted by Crippen LogP contribution is 2.28. The van der Waals surface area contributed by atoms with Gasteiger partial charge in [-0.25, -0.2) is 0 Å². The number of ketones is 1. The number of aliphatic imine (C=N–C) groups is 1. The van der Waals surface area contributed by atoms with E-state index in [1.807, 2.05) is 19.1 Å². The summed E-state index contributed by atoms with van der Waals surface area (Å²) in [6.45, 7) is 7.75. The largest absolute Gasteiger partial charge is 0.383 e. The summed E-state index contributed by atoms with van der Waals surface area (Å²) in [6, 6.07) is 5.42. The molecule has 0 amide bonds. The summed E-state index contributed by atoms with van der Waals surface area (Å²) in [5.74, 6) is 0.0338. The van der Waals surface area contributed by atoms with E-state index in [1.54, 1.807) is 13.0 Å². The topological polar surface area (TPSA) is 41.5 Å². The van der Waals surface area contributed by atoms with E-state index in [0.29, 0.717) is 5.56 Å². The van der Waals surface area contributed by atoms with Crippen molar-refractivity contribution in [1.29, 1.82) is 0 Å². The number of benzene rings is 1. The molecular formula is C11H14N2O. The van der Waals surface area contributed by atoms with Gasteiger partial charge in [0.1, 0.15) is 0 Å². The molecule has 0 radical (unpaired) electrons. The fourth-order valence-corrected chi connectivity index (χ4v) is 1.33. The van der Waals surface area contributed by atoms with Gasteiger partial charge in [-0.1, -0.05) is 6.07 Å². The molecule has 74 valence electrons. The second-order valence-corrected chi connectivity index (χ2v) is 2.94. The normalized spacial score (nSPS) is 9.57. The lowest BCUT2D eigenvalue weighted by Crippen LogP contribution is -2.04. The minimum Gasteiger partial charge on any atom is -0.383 e. The van der Waals surface area contributed by atoms with Crippen molar-refractivity contribution in [3.8, 4) is 0 Å². The smallest absolute Gasteiger partial charge is 0.161 e. The van der Waals surface area contributed by atoms with Crippen LogP contribution in [0.5, 0.6) is 0 Å². The van der Waals surface area contributed by atoms with E-state index in [-0.39, 0.29) is 5.78 Å². The Bertz CT molecular complexity index is 358. The fourth-order valence-electron chi connectivity index (χ4n) is 1.33. The third-order valence-electron chi connectivity index (χ3n) is 1.95. The second kappa shape index (κ2) is 4.56. The molecule has 3 heteroatoms. The molecular weight excluding hydrogens is 176 g/mol. The molecule has 14 heavy (non-hydrogen) atoms. The van der Waals surface area contributed by atoms with Crippen molar-refractivity contribution in [2.45, 2.75) is 13.8 Å². The molecule has 0 aliphatic rings. The van der Waals surface area contributed by atoms with Crippen LogP contribution in [0.25, 0.3) is 0 Å². The summed E-state index contributed by atoms with van der Waals surface area (Å²) < 4.78 is 0. The summed E-state index contributed by atoms with van der Waals surface area (Å²) >= 11 is 0. The Balaban J connectivity index is 3.27. The molecule has 0 aliphatic heterocycles. The maximum absolute atomic E-state index is 11.3. The molecule has 1 aromatic carbocycles. The third kappa shape index (κ3) is 1.99. The third-order valence-corrected chi connectivity index (χ3v) is 1.95. The number of carbonyl (C=O) groups is 1. The molecule has 0 saturated heterocycles.